The fourth-order valence-corrected chi connectivity index (χ4v) is 9.41. The summed E-state index contributed by atoms with van der Waals surface area (Å²) in [6.45, 7) is 12.3. The third-order valence-electron chi connectivity index (χ3n) is 10.5. The molecule has 0 spiro atoms. The molecule has 0 amide bonds. The van der Waals surface area contributed by atoms with Crippen molar-refractivity contribution in [2.24, 2.45) is 46.3 Å². The Morgan fingerprint density at radius 2 is 1.81 bits per heavy atom. The van der Waals surface area contributed by atoms with Crippen LogP contribution in [0.15, 0.2) is 11.6 Å². The molecule has 4 unspecified atom stereocenters. The van der Waals surface area contributed by atoms with Crippen molar-refractivity contribution in [3.05, 3.63) is 11.6 Å². The highest BCUT2D eigenvalue weighted by molar-refractivity contribution is 7.80. The van der Waals surface area contributed by atoms with Crippen LogP contribution >= 0.6 is 0 Å². The van der Waals surface area contributed by atoms with E-state index < -0.39 is 16.5 Å². The molecule has 4 aliphatic rings. The lowest BCUT2D eigenvalue weighted by molar-refractivity contribution is -0.0560. The Balaban J connectivity index is 1.47. The quantitative estimate of drug-likeness (QED) is 0.318. The van der Waals surface area contributed by atoms with Crippen LogP contribution in [0.25, 0.3) is 0 Å². The van der Waals surface area contributed by atoms with E-state index in [4.69, 9.17) is 8.74 Å². The molecule has 0 saturated heterocycles. The van der Waals surface area contributed by atoms with Crippen molar-refractivity contribution >= 4 is 10.4 Å². The molecule has 0 radical (unpaired) electrons. The predicted molar refractivity (Wildman–Crippen MR) is 129 cm³/mol. The normalized spacial score (nSPS) is 42.7. The lowest BCUT2D eigenvalue weighted by atomic mass is 9.47. The zero-order valence-corrected chi connectivity index (χ0v) is 21.8. The van der Waals surface area contributed by atoms with Crippen LogP contribution in [0.5, 0.6) is 0 Å². The minimum Gasteiger partial charge on any atom is -0.264 e. The molecule has 5 heteroatoms. The molecule has 4 aliphatic carbocycles. The van der Waals surface area contributed by atoms with E-state index in [1.807, 2.05) is 0 Å². The second-order valence-corrected chi connectivity index (χ2v) is 13.7. The molecule has 0 aromatic heterocycles. The van der Waals surface area contributed by atoms with E-state index in [2.05, 4.69) is 40.7 Å². The smallest absolute Gasteiger partial charge is 0.264 e. The second kappa shape index (κ2) is 9.00. The van der Waals surface area contributed by atoms with E-state index in [1.165, 1.54) is 50.5 Å². The fraction of sp³-hybridized carbons (Fsp3) is 0.926. The summed E-state index contributed by atoms with van der Waals surface area (Å²) in [5.41, 5.74) is 2.05. The van der Waals surface area contributed by atoms with Gasteiger partial charge in [-0.25, -0.2) is 4.18 Å². The van der Waals surface area contributed by atoms with Gasteiger partial charge in [0.25, 0.3) is 0 Å². The molecule has 0 aliphatic heterocycles. The zero-order chi connectivity index (χ0) is 23.3. The van der Waals surface area contributed by atoms with E-state index in [9.17, 15) is 8.42 Å². The van der Waals surface area contributed by atoms with Crippen LogP contribution in [0, 0.1) is 46.3 Å². The maximum absolute atomic E-state index is 11.2. The van der Waals surface area contributed by atoms with E-state index in [0.29, 0.717) is 24.2 Å². The van der Waals surface area contributed by atoms with Crippen molar-refractivity contribution in [3.8, 4) is 0 Å². The molecule has 4 nitrogen and oxygen atoms in total. The molecular formula is C27H46O4S. The summed E-state index contributed by atoms with van der Waals surface area (Å²) in [4.78, 5) is 0. The van der Waals surface area contributed by atoms with Gasteiger partial charge < -0.3 is 0 Å². The van der Waals surface area contributed by atoms with Gasteiger partial charge in [-0.15, -0.1) is 0 Å². The Kier molecular flexibility index (Phi) is 6.95. The van der Waals surface area contributed by atoms with Crippen molar-refractivity contribution in [2.45, 2.75) is 111 Å². The largest absolute Gasteiger partial charge is 0.397 e. The summed E-state index contributed by atoms with van der Waals surface area (Å²) in [6, 6.07) is 0. The van der Waals surface area contributed by atoms with Gasteiger partial charge in [-0.2, -0.15) is 8.42 Å². The van der Waals surface area contributed by atoms with Gasteiger partial charge in [0.2, 0.25) is 0 Å². The SMILES string of the molecule is CC(C)CCC[C@@H](C)C1CCC2C3CC=C4C[C@@H](OS(=O)(=O)O)CC[C@]4(C)C3CC[C@@]21C. The Morgan fingerprint density at radius 3 is 2.50 bits per heavy atom. The molecule has 0 bridgehead atoms. The summed E-state index contributed by atoms with van der Waals surface area (Å²) in [6.07, 6.45) is 15.1. The summed E-state index contributed by atoms with van der Waals surface area (Å²) < 4.78 is 36.6. The summed E-state index contributed by atoms with van der Waals surface area (Å²) in [5, 5.41) is 0. The van der Waals surface area contributed by atoms with Crippen molar-refractivity contribution in [3.63, 3.8) is 0 Å². The van der Waals surface area contributed by atoms with Gasteiger partial charge in [0.1, 0.15) is 0 Å². The topological polar surface area (TPSA) is 63.6 Å². The highest BCUT2D eigenvalue weighted by atomic mass is 32.3. The first kappa shape index (κ1) is 24.7. The average Bonchev–Trinajstić information content (AvgIpc) is 3.04. The number of fused-ring (bicyclic) bond motifs is 5. The molecule has 3 fully saturated rings. The molecule has 0 aromatic rings. The maximum atomic E-state index is 11.2. The second-order valence-electron chi connectivity index (χ2n) is 12.7. The number of hydrogen-bond acceptors (Lipinski definition) is 3. The maximum Gasteiger partial charge on any atom is 0.397 e. The molecule has 184 valence electrons. The highest BCUT2D eigenvalue weighted by Crippen LogP contribution is 2.67. The average molecular weight is 467 g/mol. The van der Waals surface area contributed by atoms with Crippen LogP contribution in [0.3, 0.4) is 0 Å². The van der Waals surface area contributed by atoms with Crippen molar-refractivity contribution in [1.82, 2.24) is 0 Å². The number of hydrogen-bond donors (Lipinski definition) is 1. The summed E-state index contributed by atoms with van der Waals surface area (Å²) in [7, 11) is -4.38. The minimum absolute atomic E-state index is 0.171. The molecule has 3 saturated carbocycles. The van der Waals surface area contributed by atoms with E-state index in [1.54, 1.807) is 0 Å². The number of rotatable bonds is 7. The van der Waals surface area contributed by atoms with Gasteiger partial charge in [0.15, 0.2) is 0 Å². The van der Waals surface area contributed by atoms with Crippen LogP contribution in [-0.2, 0) is 14.6 Å². The zero-order valence-electron chi connectivity index (χ0n) is 21.0. The number of allylic oxidation sites excluding steroid dienone is 1. The van der Waals surface area contributed by atoms with Gasteiger partial charge in [0, 0.05) is 0 Å². The lowest BCUT2D eigenvalue weighted by Gasteiger charge is -2.58. The summed E-state index contributed by atoms with van der Waals surface area (Å²) in [5.74, 6) is 4.83. The lowest BCUT2D eigenvalue weighted by Crippen LogP contribution is -2.51. The first-order valence-corrected chi connectivity index (χ1v) is 14.7. The van der Waals surface area contributed by atoms with Crippen LogP contribution in [0.4, 0.5) is 0 Å². The molecule has 4 rings (SSSR count). The molecule has 1 N–H and O–H groups in total. The molecular weight excluding hydrogens is 420 g/mol. The fourth-order valence-electron chi connectivity index (χ4n) is 8.91. The van der Waals surface area contributed by atoms with Gasteiger partial charge in [-0.05, 0) is 97.7 Å². The molecule has 8 atom stereocenters. The van der Waals surface area contributed by atoms with E-state index in [-0.39, 0.29) is 5.41 Å². The van der Waals surface area contributed by atoms with Crippen LogP contribution in [0.1, 0.15) is 105 Å². The standard InChI is InChI=1S/C27H46O4S/c1-18(2)7-6-8-19(3)23-11-12-24-22-10-9-20-17-21(31-32(28,29)30)13-15-26(20,4)25(22)14-16-27(23,24)5/h9,18-19,21-25H,6-8,10-17H2,1-5H3,(H,28,29,30)/t19-,21+,22?,23?,24?,25?,26+,27-/m1/s1. The molecule has 0 aromatic carbocycles. The Bertz CT molecular complexity index is 818. The Labute approximate surface area is 196 Å². The van der Waals surface area contributed by atoms with Crippen molar-refractivity contribution in [2.75, 3.05) is 0 Å². The van der Waals surface area contributed by atoms with E-state index >= 15 is 0 Å². The molecule has 0 heterocycles. The van der Waals surface area contributed by atoms with E-state index in [0.717, 1.165) is 42.4 Å². The third kappa shape index (κ3) is 4.60. The highest BCUT2D eigenvalue weighted by Gasteiger charge is 2.59. The summed E-state index contributed by atoms with van der Waals surface area (Å²) >= 11 is 0. The van der Waals surface area contributed by atoms with Crippen molar-refractivity contribution < 1.29 is 17.2 Å². The van der Waals surface area contributed by atoms with Crippen molar-refractivity contribution in [1.29, 1.82) is 0 Å². The minimum atomic E-state index is -4.38. The van der Waals surface area contributed by atoms with Crippen LogP contribution < -0.4 is 0 Å². The van der Waals surface area contributed by atoms with Gasteiger partial charge in [-0.3, -0.25) is 4.55 Å². The Hall–Kier alpha value is -0.390. The first-order chi connectivity index (χ1) is 14.9. The third-order valence-corrected chi connectivity index (χ3v) is 11.0. The predicted octanol–water partition coefficient (Wildman–Crippen LogP) is 7.22. The van der Waals surface area contributed by atoms with Crippen LogP contribution in [-0.4, -0.2) is 19.1 Å². The monoisotopic (exact) mass is 466 g/mol. The Morgan fingerprint density at radius 1 is 1.06 bits per heavy atom. The van der Waals surface area contributed by atoms with Gasteiger partial charge in [-0.1, -0.05) is 65.5 Å². The van der Waals surface area contributed by atoms with Crippen LogP contribution in [0.2, 0.25) is 0 Å². The van der Waals surface area contributed by atoms with Gasteiger partial charge in [0.05, 0.1) is 6.10 Å². The first-order valence-electron chi connectivity index (χ1n) is 13.3. The molecule has 32 heavy (non-hydrogen) atoms. The van der Waals surface area contributed by atoms with Gasteiger partial charge >= 0.3 is 10.4 Å².